The predicted octanol–water partition coefficient (Wildman–Crippen LogP) is 4.22. The zero-order valence-corrected chi connectivity index (χ0v) is 19.6. The highest BCUT2D eigenvalue weighted by atomic mass is 32.1. The molecule has 0 atom stereocenters. The van der Waals surface area contributed by atoms with E-state index in [1.54, 1.807) is 0 Å². The van der Waals surface area contributed by atoms with Crippen LogP contribution in [0.2, 0.25) is 0 Å². The number of hydrogen-bond acceptors (Lipinski definition) is 4. The highest BCUT2D eigenvalue weighted by Gasteiger charge is 2.23. The summed E-state index contributed by atoms with van der Waals surface area (Å²) in [4.78, 5) is 29.2. The molecule has 0 aliphatic carbocycles. The number of amides is 2. The van der Waals surface area contributed by atoms with Gasteiger partial charge in [0.15, 0.2) is 5.11 Å². The average Bonchev–Trinajstić information content (AvgIpc) is 2.84. The van der Waals surface area contributed by atoms with E-state index in [-0.39, 0.29) is 16.6 Å². The van der Waals surface area contributed by atoms with Crippen LogP contribution in [0.5, 0.6) is 0 Å². The Labute approximate surface area is 203 Å². The van der Waals surface area contributed by atoms with Gasteiger partial charge in [-0.3, -0.25) is 14.9 Å². The first kappa shape index (κ1) is 23.4. The SMILES string of the molecule is Cc1ccccc1C(=O)N1CCN(c2ccc(NC(=S)NC(=O)c3cccc(F)c3)cc2)CC1. The standard InChI is InChI=1S/C26H25FN4O2S/c1-18-5-2-3-8-23(18)25(33)31-15-13-30(14-16-31)22-11-9-21(10-12-22)28-26(34)29-24(32)19-6-4-7-20(27)17-19/h2-12,17H,13-16H2,1H3,(H2,28,29,32,34). The number of rotatable bonds is 4. The maximum absolute atomic E-state index is 13.3. The summed E-state index contributed by atoms with van der Waals surface area (Å²) >= 11 is 5.21. The number of thiocarbonyl (C=S) groups is 1. The molecule has 8 heteroatoms. The number of hydrogen-bond donors (Lipinski definition) is 2. The zero-order chi connectivity index (χ0) is 24.1. The molecule has 174 valence electrons. The number of piperazine rings is 1. The minimum atomic E-state index is -0.484. The van der Waals surface area contributed by atoms with Gasteiger partial charge in [-0.15, -0.1) is 0 Å². The fraction of sp³-hybridized carbons (Fsp3) is 0.192. The van der Waals surface area contributed by atoms with Crippen LogP contribution >= 0.6 is 12.2 Å². The van der Waals surface area contributed by atoms with Crippen LogP contribution in [0.25, 0.3) is 0 Å². The van der Waals surface area contributed by atoms with E-state index in [0.29, 0.717) is 13.1 Å². The second-order valence-electron chi connectivity index (χ2n) is 8.06. The second-order valence-corrected chi connectivity index (χ2v) is 8.47. The zero-order valence-electron chi connectivity index (χ0n) is 18.8. The third kappa shape index (κ3) is 5.58. The van der Waals surface area contributed by atoms with Crippen LogP contribution in [0.4, 0.5) is 15.8 Å². The van der Waals surface area contributed by atoms with Crippen LogP contribution in [0.1, 0.15) is 26.3 Å². The summed E-state index contributed by atoms with van der Waals surface area (Å²) in [6.45, 7) is 4.75. The Morgan fingerprint density at radius 2 is 1.62 bits per heavy atom. The molecule has 0 bridgehead atoms. The van der Waals surface area contributed by atoms with E-state index in [0.717, 1.165) is 41.7 Å². The van der Waals surface area contributed by atoms with E-state index in [9.17, 15) is 14.0 Å². The van der Waals surface area contributed by atoms with Crippen molar-refractivity contribution in [1.29, 1.82) is 0 Å². The average molecular weight is 477 g/mol. The molecule has 0 unspecified atom stereocenters. The molecule has 1 aliphatic rings. The molecule has 2 N–H and O–H groups in total. The fourth-order valence-electron chi connectivity index (χ4n) is 3.87. The summed E-state index contributed by atoms with van der Waals surface area (Å²) in [5.74, 6) is -0.889. The van der Waals surface area contributed by atoms with Gasteiger partial charge >= 0.3 is 0 Å². The first-order valence-corrected chi connectivity index (χ1v) is 11.4. The van der Waals surface area contributed by atoms with E-state index >= 15 is 0 Å². The highest BCUT2D eigenvalue weighted by Crippen LogP contribution is 2.21. The minimum absolute atomic E-state index is 0.0751. The molecule has 1 fully saturated rings. The minimum Gasteiger partial charge on any atom is -0.368 e. The third-order valence-corrected chi connectivity index (χ3v) is 5.95. The fourth-order valence-corrected chi connectivity index (χ4v) is 4.08. The quantitative estimate of drug-likeness (QED) is 0.552. The van der Waals surface area contributed by atoms with Crippen molar-refractivity contribution in [2.75, 3.05) is 36.4 Å². The first-order valence-electron chi connectivity index (χ1n) is 11.0. The van der Waals surface area contributed by atoms with Crippen molar-refractivity contribution in [3.8, 4) is 0 Å². The number of halogens is 1. The number of anilines is 2. The van der Waals surface area contributed by atoms with Crippen molar-refractivity contribution in [2.24, 2.45) is 0 Å². The van der Waals surface area contributed by atoms with Crippen molar-refractivity contribution >= 4 is 40.5 Å². The second kappa shape index (κ2) is 10.4. The van der Waals surface area contributed by atoms with E-state index in [1.807, 2.05) is 60.4 Å². The van der Waals surface area contributed by atoms with Crippen LogP contribution in [0.3, 0.4) is 0 Å². The van der Waals surface area contributed by atoms with Crippen molar-refractivity contribution in [1.82, 2.24) is 10.2 Å². The van der Waals surface area contributed by atoms with Gasteiger partial charge in [0.1, 0.15) is 5.82 Å². The van der Waals surface area contributed by atoms with E-state index in [2.05, 4.69) is 15.5 Å². The molecule has 1 aliphatic heterocycles. The molecule has 0 spiro atoms. The lowest BCUT2D eigenvalue weighted by atomic mass is 10.1. The van der Waals surface area contributed by atoms with Crippen molar-refractivity contribution in [2.45, 2.75) is 6.92 Å². The van der Waals surface area contributed by atoms with E-state index < -0.39 is 11.7 Å². The van der Waals surface area contributed by atoms with E-state index in [1.165, 1.54) is 18.2 Å². The van der Waals surface area contributed by atoms with Crippen LogP contribution in [0, 0.1) is 12.7 Å². The summed E-state index contributed by atoms with van der Waals surface area (Å²) in [5.41, 5.74) is 3.71. The van der Waals surface area contributed by atoms with Gasteiger partial charge in [-0.05, 0) is 73.2 Å². The molecule has 0 saturated carbocycles. The smallest absolute Gasteiger partial charge is 0.257 e. The van der Waals surface area contributed by atoms with Crippen molar-refractivity contribution < 1.29 is 14.0 Å². The number of benzene rings is 3. The number of carbonyl (C=O) groups is 2. The van der Waals surface area contributed by atoms with Crippen LogP contribution in [0.15, 0.2) is 72.8 Å². The normalized spacial score (nSPS) is 13.4. The van der Waals surface area contributed by atoms with Crippen LogP contribution in [-0.2, 0) is 0 Å². The predicted molar refractivity (Wildman–Crippen MR) is 136 cm³/mol. The lowest BCUT2D eigenvalue weighted by Crippen LogP contribution is -2.48. The van der Waals surface area contributed by atoms with Gasteiger partial charge in [-0.1, -0.05) is 24.3 Å². The summed E-state index contributed by atoms with van der Waals surface area (Å²) in [6, 6.07) is 20.8. The molecule has 0 aromatic heterocycles. The van der Waals surface area contributed by atoms with Gasteiger partial charge in [-0.2, -0.15) is 0 Å². The summed E-state index contributed by atoms with van der Waals surface area (Å²) in [6.07, 6.45) is 0. The van der Waals surface area contributed by atoms with Gasteiger partial charge < -0.3 is 15.1 Å². The van der Waals surface area contributed by atoms with Crippen molar-refractivity contribution in [3.63, 3.8) is 0 Å². The molecule has 4 rings (SSSR count). The van der Waals surface area contributed by atoms with Crippen molar-refractivity contribution in [3.05, 3.63) is 95.3 Å². The van der Waals surface area contributed by atoms with E-state index in [4.69, 9.17) is 12.2 Å². The monoisotopic (exact) mass is 476 g/mol. The summed E-state index contributed by atoms with van der Waals surface area (Å²) in [7, 11) is 0. The van der Waals surface area contributed by atoms with Gasteiger partial charge in [0.05, 0.1) is 0 Å². The van der Waals surface area contributed by atoms with Gasteiger partial charge in [0, 0.05) is 48.7 Å². The molecule has 2 amide bonds. The Morgan fingerprint density at radius 3 is 2.29 bits per heavy atom. The Bertz CT molecular complexity index is 1210. The molecule has 1 saturated heterocycles. The highest BCUT2D eigenvalue weighted by molar-refractivity contribution is 7.80. The number of aryl methyl sites for hydroxylation is 1. The Morgan fingerprint density at radius 1 is 0.912 bits per heavy atom. The molecular weight excluding hydrogens is 451 g/mol. The first-order chi connectivity index (χ1) is 16.4. The molecular formula is C26H25FN4O2S. The molecule has 0 radical (unpaired) electrons. The topological polar surface area (TPSA) is 64.7 Å². The summed E-state index contributed by atoms with van der Waals surface area (Å²) < 4.78 is 13.3. The Balaban J connectivity index is 1.29. The Hall–Kier alpha value is -3.78. The number of nitrogens with one attached hydrogen (secondary N) is 2. The van der Waals surface area contributed by atoms with Crippen LogP contribution in [-0.4, -0.2) is 48.0 Å². The van der Waals surface area contributed by atoms with Gasteiger partial charge in [-0.25, -0.2) is 4.39 Å². The molecule has 6 nitrogen and oxygen atoms in total. The summed E-state index contributed by atoms with van der Waals surface area (Å²) in [5, 5.41) is 5.65. The Kier molecular flexibility index (Phi) is 7.18. The molecule has 3 aromatic rings. The molecule has 1 heterocycles. The maximum atomic E-state index is 13.3. The number of nitrogens with zero attached hydrogens (tertiary/aromatic N) is 2. The van der Waals surface area contributed by atoms with Crippen LogP contribution < -0.4 is 15.5 Å². The number of carbonyl (C=O) groups excluding carboxylic acids is 2. The maximum Gasteiger partial charge on any atom is 0.257 e. The lowest BCUT2D eigenvalue weighted by molar-refractivity contribution is 0.0746. The lowest BCUT2D eigenvalue weighted by Gasteiger charge is -2.36. The third-order valence-electron chi connectivity index (χ3n) is 5.75. The van der Waals surface area contributed by atoms with Gasteiger partial charge in [0.25, 0.3) is 11.8 Å². The van der Waals surface area contributed by atoms with Gasteiger partial charge in [0.2, 0.25) is 0 Å². The molecule has 34 heavy (non-hydrogen) atoms. The largest absolute Gasteiger partial charge is 0.368 e. The molecule has 3 aromatic carbocycles.